The van der Waals surface area contributed by atoms with Crippen molar-refractivity contribution in [2.45, 2.75) is 25.2 Å². The summed E-state index contributed by atoms with van der Waals surface area (Å²) in [5.41, 5.74) is 1.94. The molecule has 1 fully saturated rings. The summed E-state index contributed by atoms with van der Waals surface area (Å²) in [5, 5.41) is 2.72. The molecule has 1 aliphatic rings. The Kier molecular flexibility index (Phi) is 6.12. The Morgan fingerprint density at radius 1 is 1.18 bits per heavy atom. The highest BCUT2D eigenvalue weighted by Crippen LogP contribution is 2.24. The summed E-state index contributed by atoms with van der Waals surface area (Å²) < 4.78 is 46.1. The van der Waals surface area contributed by atoms with Crippen LogP contribution in [-0.2, 0) is 21.2 Å². The summed E-state index contributed by atoms with van der Waals surface area (Å²) in [6.07, 6.45) is 0.526. The van der Waals surface area contributed by atoms with E-state index in [-0.39, 0.29) is 29.4 Å². The van der Waals surface area contributed by atoms with Gasteiger partial charge in [-0.05, 0) is 54.8 Å². The van der Waals surface area contributed by atoms with Gasteiger partial charge in [-0.3, -0.25) is 4.79 Å². The number of nitrogens with zero attached hydrogens (tertiary/aromatic N) is 1. The number of hydrogen-bond donors (Lipinski definition) is 1. The van der Waals surface area contributed by atoms with Crippen LogP contribution in [0.15, 0.2) is 41.3 Å². The van der Waals surface area contributed by atoms with Crippen molar-refractivity contribution in [3.63, 3.8) is 0 Å². The molecule has 0 saturated carbocycles. The molecule has 1 heterocycles. The molecule has 6 nitrogen and oxygen atoms in total. The highest BCUT2D eigenvalue weighted by molar-refractivity contribution is 7.89. The summed E-state index contributed by atoms with van der Waals surface area (Å²) in [6.45, 7) is 4.84. The van der Waals surface area contributed by atoms with E-state index < -0.39 is 15.9 Å². The van der Waals surface area contributed by atoms with Crippen molar-refractivity contribution in [3.8, 4) is 0 Å². The van der Waals surface area contributed by atoms with Crippen LogP contribution in [0, 0.1) is 12.7 Å². The molecule has 1 aliphatic heterocycles. The summed E-state index contributed by atoms with van der Waals surface area (Å²) in [4.78, 5) is 12.8. The predicted octanol–water partition coefficient (Wildman–Crippen LogP) is 2.97. The second-order valence-electron chi connectivity index (χ2n) is 6.61. The van der Waals surface area contributed by atoms with Crippen LogP contribution >= 0.6 is 0 Å². The molecule has 1 saturated heterocycles. The second-order valence-corrected chi connectivity index (χ2v) is 8.51. The highest BCUT2D eigenvalue weighted by atomic mass is 32.2. The maximum absolute atomic E-state index is 13.3. The average molecular weight is 406 g/mol. The van der Waals surface area contributed by atoms with Gasteiger partial charge in [0.15, 0.2) is 0 Å². The first-order chi connectivity index (χ1) is 13.3. The van der Waals surface area contributed by atoms with Crippen LogP contribution in [0.1, 0.15) is 28.4 Å². The number of benzene rings is 2. The van der Waals surface area contributed by atoms with Crippen LogP contribution in [0.4, 0.5) is 10.1 Å². The molecule has 1 amide bonds. The summed E-state index contributed by atoms with van der Waals surface area (Å²) in [7, 11) is -3.72. The van der Waals surface area contributed by atoms with E-state index in [9.17, 15) is 17.6 Å². The molecule has 0 bridgehead atoms. The van der Waals surface area contributed by atoms with Gasteiger partial charge in [0.2, 0.25) is 10.0 Å². The SMILES string of the molecule is CCc1ccc(C(=O)Nc2ccc(F)cc2C)cc1S(=O)(=O)N1CCOCC1. The zero-order chi connectivity index (χ0) is 20.3. The van der Waals surface area contributed by atoms with Gasteiger partial charge in [-0.1, -0.05) is 13.0 Å². The summed E-state index contributed by atoms with van der Waals surface area (Å²) in [6, 6.07) is 8.75. The lowest BCUT2D eigenvalue weighted by Gasteiger charge is -2.27. The van der Waals surface area contributed by atoms with Gasteiger partial charge < -0.3 is 10.1 Å². The second kappa shape index (κ2) is 8.38. The Hall–Kier alpha value is -2.29. The van der Waals surface area contributed by atoms with Crippen LogP contribution in [0.5, 0.6) is 0 Å². The largest absolute Gasteiger partial charge is 0.379 e. The van der Waals surface area contributed by atoms with E-state index in [1.54, 1.807) is 19.1 Å². The average Bonchev–Trinajstić information content (AvgIpc) is 2.70. The highest BCUT2D eigenvalue weighted by Gasteiger charge is 2.29. The van der Waals surface area contributed by atoms with Crippen LogP contribution < -0.4 is 5.32 Å². The topological polar surface area (TPSA) is 75.7 Å². The zero-order valence-corrected chi connectivity index (χ0v) is 16.7. The first-order valence-corrected chi connectivity index (χ1v) is 10.5. The van der Waals surface area contributed by atoms with Crippen molar-refractivity contribution < 1.29 is 22.3 Å². The third-order valence-corrected chi connectivity index (χ3v) is 6.72. The quantitative estimate of drug-likeness (QED) is 0.828. The summed E-state index contributed by atoms with van der Waals surface area (Å²) in [5.74, 6) is -0.836. The van der Waals surface area contributed by atoms with E-state index in [0.29, 0.717) is 36.4 Å². The number of amides is 1. The minimum atomic E-state index is -3.72. The maximum Gasteiger partial charge on any atom is 0.255 e. The number of carbonyl (C=O) groups excluding carboxylic acids is 1. The monoisotopic (exact) mass is 406 g/mol. The van der Waals surface area contributed by atoms with E-state index in [0.717, 1.165) is 0 Å². The van der Waals surface area contributed by atoms with Crippen LogP contribution in [0.2, 0.25) is 0 Å². The number of morpholine rings is 1. The standard InChI is InChI=1S/C20H23FN2O4S/c1-3-15-4-5-16(20(24)22-18-7-6-17(21)12-14(18)2)13-19(15)28(25,26)23-8-10-27-11-9-23/h4-7,12-13H,3,8-11H2,1-2H3,(H,22,24). The molecule has 1 N–H and O–H groups in total. The van der Waals surface area contributed by atoms with Crippen molar-refractivity contribution in [1.82, 2.24) is 4.31 Å². The fourth-order valence-corrected chi connectivity index (χ4v) is 4.84. The van der Waals surface area contributed by atoms with Gasteiger partial charge in [0.25, 0.3) is 5.91 Å². The molecule has 2 aromatic carbocycles. The van der Waals surface area contributed by atoms with Gasteiger partial charge in [0.1, 0.15) is 5.82 Å². The smallest absolute Gasteiger partial charge is 0.255 e. The van der Waals surface area contributed by atoms with Crippen LogP contribution in [-0.4, -0.2) is 44.9 Å². The maximum atomic E-state index is 13.3. The van der Waals surface area contributed by atoms with E-state index in [4.69, 9.17) is 4.74 Å². The zero-order valence-electron chi connectivity index (χ0n) is 15.9. The van der Waals surface area contributed by atoms with Gasteiger partial charge >= 0.3 is 0 Å². The molecule has 0 atom stereocenters. The van der Waals surface area contributed by atoms with Crippen molar-refractivity contribution >= 4 is 21.6 Å². The van der Waals surface area contributed by atoms with E-state index in [2.05, 4.69) is 5.32 Å². The molecule has 0 aliphatic carbocycles. The van der Waals surface area contributed by atoms with Crippen molar-refractivity contribution in [2.24, 2.45) is 0 Å². The molecular formula is C20H23FN2O4S. The van der Waals surface area contributed by atoms with Gasteiger partial charge in [-0.15, -0.1) is 0 Å². The third-order valence-electron chi connectivity index (χ3n) is 4.73. The number of ether oxygens (including phenoxy) is 1. The van der Waals surface area contributed by atoms with Gasteiger partial charge in [0, 0.05) is 24.3 Å². The molecule has 0 radical (unpaired) electrons. The Bertz CT molecular complexity index is 986. The van der Waals surface area contributed by atoms with E-state index in [1.807, 2.05) is 6.92 Å². The Morgan fingerprint density at radius 3 is 2.54 bits per heavy atom. The van der Waals surface area contributed by atoms with Gasteiger partial charge in [-0.2, -0.15) is 4.31 Å². The third kappa shape index (κ3) is 4.24. The lowest BCUT2D eigenvalue weighted by molar-refractivity contribution is 0.0730. The first-order valence-electron chi connectivity index (χ1n) is 9.11. The molecule has 3 rings (SSSR count). The van der Waals surface area contributed by atoms with Crippen molar-refractivity contribution in [2.75, 3.05) is 31.6 Å². The predicted molar refractivity (Wildman–Crippen MR) is 104 cm³/mol. The molecule has 150 valence electrons. The van der Waals surface area contributed by atoms with Crippen LogP contribution in [0.3, 0.4) is 0 Å². The molecule has 28 heavy (non-hydrogen) atoms. The lowest BCUT2D eigenvalue weighted by Crippen LogP contribution is -2.41. The van der Waals surface area contributed by atoms with E-state index in [1.165, 1.54) is 28.6 Å². The number of sulfonamides is 1. The molecule has 0 aromatic heterocycles. The van der Waals surface area contributed by atoms with Crippen LogP contribution in [0.25, 0.3) is 0 Å². The van der Waals surface area contributed by atoms with Gasteiger partial charge in [-0.25, -0.2) is 12.8 Å². The van der Waals surface area contributed by atoms with Gasteiger partial charge in [0.05, 0.1) is 18.1 Å². The molecule has 0 spiro atoms. The molecule has 8 heteroatoms. The number of anilines is 1. The fourth-order valence-electron chi connectivity index (χ4n) is 3.12. The number of halogens is 1. The minimum absolute atomic E-state index is 0.139. The lowest BCUT2D eigenvalue weighted by atomic mass is 10.1. The molecule has 0 unspecified atom stereocenters. The molecule has 2 aromatic rings. The van der Waals surface area contributed by atoms with E-state index >= 15 is 0 Å². The number of carbonyl (C=O) groups is 1. The Balaban J connectivity index is 1.92. The Labute approximate surface area is 164 Å². The fraction of sp³-hybridized carbons (Fsp3) is 0.350. The molecular weight excluding hydrogens is 383 g/mol. The normalized spacial score (nSPS) is 15.4. The number of hydrogen-bond acceptors (Lipinski definition) is 4. The number of nitrogens with one attached hydrogen (secondary N) is 1. The first kappa shape index (κ1) is 20.4. The van der Waals surface area contributed by atoms with Crippen molar-refractivity contribution in [3.05, 3.63) is 58.9 Å². The number of aryl methyl sites for hydroxylation is 2. The summed E-state index contributed by atoms with van der Waals surface area (Å²) >= 11 is 0. The number of rotatable bonds is 5. The van der Waals surface area contributed by atoms with Crippen molar-refractivity contribution in [1.29, 1.82) is 0 Å². The minimum Gasteiger partial charge on any atom is -0.379 e. The Morgan fingerprint density at radius 2 is 1.89 bits per heavy atom.